The zero-order valence-electron chi connectivity index (χ0n) is 17.3. The second-order valence-corrected chi connectivity index (χ2v) is 8.42. The Balaban J connectivity index is 1.67. The van der Waals surface area contributed by atoms with Crippen LogP contribution in [0.1, 0.15) is 26.4 Å². The van der Waals surface area contributed by atoms with Crippen LogP contribution in [0.5, 0.6) is 0 Å². The third-order valence-electron chi connectivity index (χ3n) is 4.61. The van der Waals surface area contributed by atoms with E-state index in [1.807, 2.05) is 68.0 Å². The predicted molar refractivity (Wildman–Crippen MR) is 121 cm³/mol. The molecule has 0 aliphatic heterocycles. The average molecular weight is 422 g/mol. The number of nitrogens with zero attached hydrogens (tertiary/aromatic N) is 1. The van der Waals surface area contributed by atoms with Crippen molar-refractivity contribution in [2.24, 2.45) is 0 Å². The first-order valence-electron chi connectivity index (χ1n) is 9.90. The van der Waals surface area contributed by atoms with E-state index in [9.17, 15) is 9.59 Å². The molecule has 0 saturated heterocycles. The van der Waals surface area contributed by atoms with Crippen molar-refractivity contribution < 1.29 is 9.59 Å². The second kappa shape index (κ2) is 10.7. The summed E-state index contributed by atoms with van der Waals surface area (Å²) in [5, 5.41) is 7.73. The summed E-state index contributed by atoms with van der Waals surface area (Å²) in [4.78, 5) is 28.2. The molecule has 3 aromatic rings. The molecule has 0 fully saturated rings. The first-order chi connectivity index (χ1) is 14.5. The quantitative estimate of drug-likeness (QED) is 0.556. The van der Waals surface area contributed by atoms with Crippen LogP contribution in [0.15, 0.2) is 72.1 Å². The van der Waals surface area contributed by atoms with E-state index in [0.29, 0.717) is 17.8 Å². The third kappa shape index (κ3) is 6.54. The molecule has 2 N–H and O–H groups in total. The van der Waals surface area contributed by atoms with Gasteiger partial charge >= 0.3 is 0 Å². The van der Waals surface area contributed by atoms with E-state index in [0.717, 1.165) is 17.7 Å². The summed E-state index contributed by atoms with van der Waals surface area (Å²) < 4.78 is 0. The summed E-state index contributed by atoms with van der Waals surface area (Å²) in [5.74, 6) is -0.421. The van der Waals surface area contributed by atoms with Gasteiger partial charge in [0.15, 0.2) is 0 Å². The summed E-state index contributed by atoms with van der Waals surface area (Å²) in [6.07, 6.45) is 0.435. The van der Waals surface area contributed by atoms with Gasteiger partial charge in [0, 0.05) is 19.5 Å². The number of thiophene rings is 1. The van der Waals surface area contributed by atoms with Gasteiger partial charge in [-0.2, -0.15) is 0 Å². The van der Waals surface area contributed by atoms with E-state index < -0.39 is 6.04 Å². The summed E-state index contributed by atoms with van der Waals surface area (Å²) in [5.41, 5.74) is 3.22. The van der Waals surface area contributed by atoms with Crippen molar-refractivity contribution in [3.05, 3.63) is 93.7 Å². The van der Waals surface area contributed by atoms with Crippen molar-refractivity contribution in [3.8, 4) is 0 Å². The number of benzene rings is 2. The number of hydrogen-bond acceptors (Lipinski definition) is 4. The monoisotopic (exact) mass is 421 g/mol. The number of nitrogens with one attached hydrogen (secondary N) is 2. The molecule has 5 nitrogen and oxygen atoms in total. The predicted octanol–water partition coefficient (Wildman–Crippen LogP) is 3.47. The molecule has 0 aliphatic rings. The number of carbonyl (C=O) groups is 2. The van der Waals surface area contributed by atoms with Gasteiger partial charge in [0.2, 0.25) is 5.91 Å². The lowest BCUT2D eigenvalue weighted by Gasteiger charge is -2.19. The summed E-state index contributed by atoms with van der Waals surface area (Å²) in [6, 6.07) is 20.8. The number of carbonyl (C=O) groups excluding carboxylic acids is 2. The minimum atomic E-state index is -0.646. The smallest absolute Gasteiger partial charge is 0.262 e. The summed E-state index contributed by atoms with van der Waals surface area (Å²) in [7, 11) is 4.05. The van der Waals surface area contributed by atoms with Gasteiger partial charge in [-0.15, -0.1) is 11.3 Å². The molecule has 156 valence electrons. The molecule has 0 saturated carbocycles. The minimum Gasteiger partial charge on any atom is -0.350 e. The molecule has 30 heavy (non-hydrogen) atoms. The minimum absolute atomic E-state index is 0.193. The van der Waals surface area contributed by atoms with Gasteiger partial charge in [-0.25, -0.2) is 0 Å². The highest BCUT2D eigenvalue weighted by molar-refractivity contribution is 7.12. The maximum absolute atomic E-state index is 13.0. The zero-order valence-corrected chi connectivity index (χ0v) is 18.1. The van der Waals surface area contributed by atoms with E-state index >= 15 is 0 Å². The van der Waals surface area contributed by atoms with Crippen molar-refractivity contribution in [1.29, 1.82) is 0 Å². The average Bonchev–Trinajstić information content (AvgIpc) is 3.27. The van der Waals surface area contributed by atoms with Crippen molar-refractivity contribution in [2.45, 2.75) is 25.6 Å². The Kier molecular flexibility index (Phi) is 7.76. The lowest BCUT2D eigenvalue weighted by Crippen LogP contribution is -2.47. The maximum Gasteiger partial charge on any atom is 0.262 e. The fraction of sp³-hybridized carbons (Fsp3) is 0.250. The van der Waals surface area contributed by atoms with Gasteiger partial charge in [0.25, 0.3) is 5.91 Å². The van der Waals surface area contributed by atoms with E-state index in [1.165, 1.54) is 16.9 Å². The number of amides is 2. The first kappa shape index (κ1) is 21.7. The Morgan fingerprint density at radius 3 is 2.37 bits per heavy atom. The molecule has 1 aromatic heterocycles. The Labute approximate surface area is 181 Å². The summed E-state index contributed by atoms with van der Waals surface area (Å²) in [6.45, 7) is 1.26. The van der Waals surface area contributed by atoms with Crippen LogP contribution in [0.2, 0.25) is 0 Å². The Morgan fingerprint density at radius 1 is 0.933 bits per heavy atom. The molecular formula is C24H27N3O2S. The molecule has 3 rings (SSSR count). The lowest BCUT2D eigenvalue weighted by atomic mass is 10.0. The van der Waals surface area contributed by atoms with Crippen molar-refractivity contribution in [1.82, 2.24) is 15.5 Å². The third-order valence-corrected chi connectivity index (χ3v) is 5.48. The molecule has 1 atom stereocenters. The van der Waals surface area contributed by atoms with Crippen LogP contribution in [0.25, 0.3) is 0 Å². The molecule has 0 spiro atoms. The van der Waals surface area contributed by atoms with Crippen LogP contribution in [0.3, 0.4) is 0 Å². The van der Waals surface area contributed by atoms with Gasteiger partial charge in [-0.1, -0.05) is 60.7 Å². The van der Waals surface area contributed by atoms with E-state index in [2.05, 4.69) is 27.7 Å². The molecule has 0 radical (unpaired) electrons. The van der Waals surface area contributed by atoms with Crippen LogP contribution in [-0.4, -0.2) is 36.9 Å². The standard InChI is InChI=1S/C24H27N3O2S/c1-27(2)17-20-11-6-10-19(14-20)16-25-23(28)21(15-18-8-4-3-5-9-18)26-24(29)22-12-7-13-30-22/h3-14,21H,15-17H2,1-2H3,(H,25,28)(H,26,29)/t21-/m0/s1. The zero-order chi connectivity index (χ0) is 21.3. The van der Waals surface area contributed by atoms with Gasteiger partial charge in [-0.3, -0.25) is 9.59 Å². The fourth-order valence-electron chi connectivity index (χ4n) is 3.21. The van der Waals surface area contributed by atoms with Crippen LogP contribution >= 0.6 is 11.3 Å². The molecule has 0 bridgehead atoms. The topological polar surface area (TPSA) is 61.4 Å². The molecule has 2 amide bonds. The Bertz CT molecular complexity index is 956. The fourth-order valence-corrected chi connectivity index (χ4v) is 3.84. The van der Waals surface area contributed by atoms with Crippen molar-refractivity contribution in [3.63, 3.8) is 0 Å². The van der Waals surface area contributed by atoms with Gasteiger partial charge in [0.1, 0.15) is 6.04 Å². The van der Waals surface area contributed by atoms with Gasteiger partial charge < -0.3 is 15.5 Å². The lowest BCUT2D eigenvalue weighted by molar-refractivity contribution is -0.123. The van der Waals surface area contributed by atoms with Crippen molar-refractivity contribution >= 4 is 23.2 Å². The summed E-state index contributed by atoms with van der Waals surface area (Å²) >= 11 is 1.36. The first-order valence-corrected chi connectivity index (χ1v) is 10.8. The highest BCUT2D eigenvalue weighted by atomic mass is 32.1. The molecule has 0 unspecified atom stereocenters. The molecule has 6 heteroatoms. The van der Waals surface area contributed by atoms with E-state index in [4.69, 9.17) is 0 Å². The number of rotatable bonds is 9. The highest BCUT2D eigenvalue weighted by Gasteiger charge is 2.22. The van der Waals surface area contributed by atoms with E-state index in [1.54, 1.807) is 6.07 Å². The normalized spacial score (nSPS) is 11.8. The second-order valence-electron chi connectivity index (χ2n) is 7.47. The van der Waals surface area contributed by atoms with E-state index in [-0.39, 0.29) is 11.8 Å². The van der Waals surface area contributed by atoms with Crippen LogP contribution in [0.4, 0.5) is 0 Å². The largest absolute Gasteiger partial charge is 0.350 e. The molecular weight excluding hydrogens is 394 g/mol. The van der Waals surface area contributed by atoms with Gasteiger partial charge in [-0.05, 0) is 42.2 Å². The van der Waals surface area contributed by atoms with Crippen LogP contribution < -0.4 is 10.6 Å². The van der Waals surface area contributed by atoms with Crippen LogP contribution in [-0.2, 0) is 24.3 Å². The highest BCUT2D eigenvalue weighted by Crippen LogP contribution is 2.11. The maximum atomic E-state index is 13.0. The SMILES string of the molecule is CN(C)Cc1cccc(CNC(=O)[C@H](Cc2ccccc2)NC(=O)c2cccs2)c1. The molecule has 1 heterocycles. The molecule has 2 aromatic carbocycles. The Morgan fingerprint density at radius 2 is 1.67 bits per heavy atom. The van der Waals surface area contributed by atoms with Gasteiger partial charge in [0.05, 0.1) is 4.88 Å². The molecule has 0 aliphatic carbocycles. The van der Waals surface area contributed by atoms with Crippen LogP contribution in [0, 0.1) is 0 Å². The Hall–Kier alpha value is -2.96. The van der Waals surface area contributed by atoms with Crippen molar-refractivity contribution in [2.75, 3.05) is 14.1 Å². The number of hydrogen-bond donors (Lipinski definition) is 2.